The average molecular weight is 445 g/mol. The molecule has 0 amide bonds. The van der Waals surface area contributed by atoms with Crippen LogP contribution in [0.25, 0.3) is 0 Å². The highest BCUT2D eigenvalue weighted by Gasteiger charge is 2.02. The number of hydrogen-bond acceptors (Lipinski definition) is 1. The molecular formula is C18H22F2IN3. The quantitative estimate of drug-likeness (QED) is 0.418. The number of aryl methyl sites for hydroxylation is 1. The lowest BCUT2D eigenvalue weighted by atomic mass is 10.1. The van der Waals surface area contributed by atoms with Gasteiger partial charge in [0, 0.05) is 20.1 Å². The standard InChI is InChI=1S/C18H21F2N3.HI/c1-13-11-17(20)8-5-15(13)9-10-22-18(21-2)23-12-14-3-6-16(19)7-4-14;/h3-8,11H,9-10,12H2,1-2H3,(H2,21,22,23);1H. The molecule has 0 atom stereocenters. The van der Waals surface area contributed by atoms with E-state index in [1.54, 1.807) is 25.2 Å². The Morgan fingerprint density at radius 3 is 2.29 bits per heavy atom. The van der Waals surface area contributed by atoms with E-state index in [1.165, 1.54) is 24.3 Å². The highest BCUT2D eigenvalue weighted by atomic mass is 127. The second-order valence-electron chi connectivity index (χ2n) is 5.30. The van der Waals surface area contributed by atoms with Crippen molar-refractivity contribution in [3.8, 4) is 0 Å². The molecule has 0 aliphatic heterocycles. The Hall–Kier alpha value is -1.70. The largest absolute Gasteiger partial charge is 0.356 e. The zero-order valence-electron chi connectivity index (χ0n) is 13.8. The van der Waals surface area contributed by atoms with Gasteiger partial charge in [-0.2, -0.15) is 0 Å². The topological polar surface area (TPSA) is 36.4 Å². The Balaban J connectivity index is 0.00000288. The molecular weight excluding hydrogens is 423 g/mol. The summed E-state index contributed by atoms with van der Waals surface area (Å²) in [6.45, 7) is 3.16. The lowest BCUT2D eigenvalue weighted by Crippen LogP contribution is -2.37. The van der Waals surface area contributed by atoms with Crippen molar-refractivity contribution < 1.29 is 8.78 Å². The number of halogens is 3. The normalized spacial score (nSPS) is 10.9. The molecule has 0 heterocycles. The number of aliphatic imine (C=N–C) groups is 1. The SMILES string of the molecule is CN=C(NCCc1ccc(F)cc1C)NCc1ccc(F)cc1.I. The van der Waals surface area contributed by atoms with E-state index in [2.05, 4.69) is 15.6 Å². The van der Waals surface area contributed by atoms with Crippen LogP contribution >= 0.6 is 24.0 Å². The van der Waals surface area contributed by atoms with Gasteiger partial charge in [0.2, 0.25) is 0 Å². The molecule has 130 valence electrons. The van der Waals surface area contributed by atoms with E-state index in [4.69, 9.17) is 0 Å². The first kappa shape index (κ1) is 20.3. The van der Waals surface area contributed by atoms with Crippen LogP contribution < -0.4 is 10.6 Å². The van der Waals surface area contributed by atoms with Gasteiger partial charge in [0.15, 0.2) is 5.96 Å². The first-order valence-electron chi connectivity index (χ1n) is 7.52. The van der Waals surface area contributed by atoms with Crippen LogP contribution in [0.15, 0.2) is 47.5 Å². The summed E-state index contributed by atoms with van der Waals surface area (Å²) in [7, 11) is 1.70. The third-order valence-corrected chi connectivity index (χ3v) is 3.59. The number of nitrogens with zero attached hydrogens (tertiary/aromatic N) is 1. The molecule has 0 spiro atoms. The number of nitrogens with one attached hydrogen (secondary N) is 2. The maximum Gasteiger partial charge on any atom is 0.191 e. The summed E-state index contributed by atoms with van der Waals surface area (Å²) in [6.07, 6.45) is 0.781. The monoisotopic (exact) mass is 445 g/mol. The van der Waals surface area contributed by atoms with Crippen molar-refractivity contribution >= 4 is 29.9 Å². The molecule has 2 rings (SSSR count). The summed E-state index contributed by atoms with van der Waals surface area (Å²) in [6, 6.07) is 11.2. The molecule has 2 N–H and O–H groups in total. The first-order chi connectivity index (χ1) is 11.1. The number of hydrogen-bond donors (Lipinski definition) is 2. The van der Waals surface area contributed by atoms with E-state index < -0.39 is 0 Å². The van der Waals surface area contributed by atoms with Gasteiger partial charge in [-0.15, -0.1) is 24.0 Å². The molecule has 0 aliphatic rings. The Kier molecular flexibility index (Phi) is 8.67. The molecule has 0 radical (unpaired) electrons. The summed E-state index contributed by atoms with van der Waals surface area (Å²) in [5, 5.41) is 6.38. The van der Waals surface area contributed by atoms with Crippen LogP contribution in [0.2, 0.25) is 0 Å². The third-order valence-electron chi connectivity index (χ3n) is 3.59. The van der Waals surface area contributed by atoms with Crippen molar-refractivity contribution in [1.82, 2.24) is 10.6 Å². The van der Waals surface area contributed by atoms with Gasteiger partial charge in [-0.05, 0) is 54.3 Å². The summed E-state index contributed by atoms with van der Waals surface area (Å²) in [5.74, 6) is 0.219. The Bertz CT molecular complexity index is 672. The maximum absolute atomic E-state index is 13.1. The van der Waals surface area contributed by atoms with Crippen molar-refractivity contribution in [2.75, 3.05) is 13.6 Å². The molecule has 0 fully saturated rings. The van der Waals surface area contributed by atoms with Gasteiger partial charge in [-0.3, -0.25) is 4.99 Å². The van der Waals surface area contributed by atoms with Crippen molar-refractivity contribution in [2.24, 2.45) is 4.99 Å². The number of benzene rings is 2. The molecule has 6 heteroatoms. The highest BCUT2D eigenvalue weighted by Crippen LogP contribution is 2.10. The van der Waals surface area contributed by atoms with Crippen LogP contribution in [0.1, 0.15) is 16.7 Å². The Labute approximate surface area is 158 Å². The van der Waals surface area contributed by atoms with E-state index in [0.717, 1.165) is 23.1 Å². The molecule has 2 aromatic rings. The second-order valence-corrected chi connectivity index (χ2v) is 5.30. The van der Waals surface area contributed by atoms with Crippen LogP contribution in [0.4, 0.5) is 8.78 Å². The molecule has 0 saturated heterocycles. The van der Waals surface area contributed by atoms with Crippen molar-refractivity contribution in [1.29, 1.82) is 0 Å². The van der Waals surface area contributed by atoms with Crippen LogP contribution in [-0.4, -0.2) is 19.6 Å². The van der Waals surface area contributed by atoms with Gasteiger partial charge in [0.05, 0.1) is 0 Å². The highest BCUT2D eigenvalue weighted by molar-refractivity contribution is 14.0. The fourth-order valence-corrected chi connectivity index (χ4v) is 2.26. The Morgan fingerprint density at radius 1 is 1.00 bits per heavy atom. The van der Waals surface area contributed by atoms with Crippen molar-refractivity contribution in [3.63, 3.8) is 0 Å². The minimum absolute atomic E-state index is 0. The van der Waals surface area contributed by atoms with E-state index in [9.17, 15) is 8.78 Å². The first-order valence-corrected chi connectivity index (χ1v) is 7.52. The summed E-state index contributed by atoms with van der Waals surface area (Å²) < 4.78 is 25.9. The number of rotatable bonds is 5. The molecule has 0 saturated carbocycles. The van der Waals surface area contributed by atoms with Gasteiger partial charge < -0.3 is 10.6 Å². The summed E-state index contributed by atoms with van der Waals surface area (Å²) >= 11 is 0. The van der Waals surface area contributed by atoms with Crippen molar-refractivity contribution in [3.05, 3.63) is 70.8 Å². The van der Waals surface area contributed by atoms with Gasteiger partial charge in [-0.25, -0.2) is 8.78 Å². The molecule has 0 aromatic heterocycles. The zero-order valence-corrected chi connectivity index (χ0v) is 16.1. The van der Waals surface area contributed by atoms with Crippen LogP contribution in [-0.2, 0) is 13.0 Å². The molecule has 0 unspecified atom stereocenters. The predicted molar refractivity (Wildman–Crippen MR) is 105 cm³/mol. The van der Waals surface area contributed by atoms with Crippen LogP contribution in [0.3, 0.4) is 0 Å². The smallest absolute Gasteiger partial charge is 0.191 e. The summed E-state index contributed by atoms with van der Waals surface area (Å²) in [5.41, 5.74) is 3.03. The molecule has 3 nitrogen and oxygen atoms in total. The molecule has 0 aliphatic carbocycles. The van der Waals surface area contributed by atoms with E-state index >= 15 is 0 Å². The predicted octanol–water partition coefficient (Wildman–Crippen LogP) is 3.80. The van der Waals surface area contributed by atoms with Gasteiger partial charge >= 0.3 is 0 Å². The minimum Gasteiger partial charge on any atom is -0.356 e. The lowest BCUT2D eigenvalue weighted by molar-refractivity contribution is 0.625. The fourth-order valence-electron chi connectivity index (χ4n) is 2.26. The van der Waals surface area contributed by atoms with Crippen LogP contribution in [0.5, 0.6) is 0 Å². The zero-order chi connectivity index (χ0) is 16.7. The summed E-state index contributed by atoms with van der Waals surface area (Å²) in [4.78, 5) is 4.15. The van der Waals surface area contributed by atoms with E-state index in [-0.39, 0.29) is 35.6 Å². The average Bonchev–Trinajstić information content (AvgIpc) is 2.54. The molecule has 2 aromatic carbocycles. The van der Waals surface area contributed by atoms with E-state index in [1.807, 2.05) is 6.92 Å². The van der Waals surface area contributed by atoms with E-state index in [0.29, 0.717) is 19.0 Å². The fraction of sp³-hybridized carbons (Fsp3) is 0.278. The second kappa shape index (κ2) is 10.2. The van der Waals surface area contributed by atoms with Gasteiger partial charge in [-0.1, -0.05) is 18.2 Å². The Morgan fingerprint density at radius 2 is 1.67 bits per heavy atom. The van der Waals surface area contributed by atoms with Crippen LogP contribution in [0, 0.1) is 18.6 Å². The van der Waals surface area contributed by atoms with Gasteiger partial charge in [0.25, 0.3) is 0 Å². The van der Waals surface area contributed by atoms with Crippen molar-refractivity contribution in [2.45, 2.75) is 19.9 Å². The number of guanidine groups is 1. The maximum atomic E-state index is 13.1. The minimum atomic E-state index is -0.245. The molecule has 24 heavy (non-hydrogen) atoms. The lowest BCUT2D eigenvalue weighted by Gasteiger charge is -2.13. The third kappa shape index (κ3) is 6.43. The van der Waals surface area contributed by atoms with Gasteiger partial charge in [0.1, 0.15) is 11.6 Å². The molecule has 0 bridgehead atoms.